The molecule has 0 aliphatic carbocycles. The van der Waals surface area contributed by atoms with E-state index in [4.69, 9.17) is 14.2 Å². The van der Waals surface area contributed by atoms with Crippen LogP contribution in [0.25, 0.3) is 22.5 Å². The van der Waals surface area contributed by atoms with Crippen LogP contribution in [-0.4, -0.2) is 42.1 Å². The second kappa shape index (κ2) is 11.7. The lowest BCUT2D eigenvalue weighted by atomic mass is 9.96. The topological polar surface area (TPSA) is 105 Å². The van der Waals surface area contributed by atoms with Gasteiger partial charge in [0.15, 0.2) is 5.82 Å². The maximum atomic E-state index is 13.0. The van der Waals surface area contributed by atoms with E-state index in [9.17, 15) is 14.4 Å². The third-order valence-corrected chi connectivity index (χ3v) is 5.54. The zero-order valence-electron chi connectivity index (χ0n) is 20.3. The maximum absolute atomic E-state index is 13.0. The molecule has 4 aromatic rings. The number of benzene rings is 3. The van der Waals surface area contributed by atoms with Gasteiger partial charge in [-0.15, -0.1) is 0 Å². The van der Waals surface area contributed by atoms with Crippen molar-refractivity contribution in [2.45, 2.75) is 12.5 Å². The summed E-state index contributed by atoms with van der Waals surface area (Å²) in [6, 6.07) is 26.4. The number of ether oxygens (including phenoxy) is 3. The summed E-state index contributed by atoms with van der Waals surface area (Å²) in [6.07, 6.45) is -1.73. The van der Waals surface area contributed by atoms with Crippen molar-refractivity contribution in [1.29, 1.82) is 0 Å². The van der Waals surface area contributed by atoms with Crippen molar-refractivity contribution >= 4 is 17.9 Å². The van der Waals surface area contributed by atoms with Gasteiger partial charge in [-0.2, -0.15) is 0 Å². The van der Waals surface area contributed by atoms with Crippen molar-refractivity contribution in [3.63, 3.8) is 0 Å². The maximum Gasteiger partial charge on any atom is 0.353 e. The average molecular weight is 497 g/mol. The molecule has 0 N–H and O–H groups in total. The van der Waals surface area contributed by atoms with Gasteiger partial charge >= 0.3 is 17.9 Å². The highest BCUT2D eigenvalue weighted by Gasteiger charge is 2.33. The minimum Gasteiger partial charge on any atom is -0.469 e. The highest BCUT2D eigenvalue weighted by atomic mass is 16.6. The summed E-state index contributed by atoms with van der Waals surface area (Å²) in [5.74, 6) is -1.84. The predicted octanol–water partition coefficient (Wildman–Crippen LogP) is 4.60. The van der Waals surface area contributed by atoms with Gasteiger partial charge in [0, 0.05) is 11.1 Å². The van der Waals surface area contributed by atoms with Crippen LogP contribution in [0.1, 0.15) is 27.8 Å². The van der Waals surface area contributed by atoms with E-state index >= 15 is 0 Å². The lowest BCUT2D eigenvalue weighted by Crippen LogP contribution is -2.24. The van der Waals surface area contributed by atoms with Crippen molar-refractivity contribution < 1.29 is 28.6 Å². The minimum atomic E-state index is -1.53. The minimum absolute atomic E-state index is 0.0927. The van der Waals surface area contributed by atoms with Gasteiger partial charge in [0.25, 0.3) is 0 Å². The molecule has 3 aromatic carbocycles. The molecule has 8 nitrogen and oxygen atoms in total. The molecule has 1 unspecified atom stereocenters. The predicted molar refractivity (Wildman–Crippen MR) is 135 cm³/mol. The van der Waals surface area contributed by atoms with Gasteiger partial charge in [0.2, 0.25) is 6.10 Å². The molecular weight excluding hydrogens is 472 g/mol. The molecule has 0 bridgehead atoms. The van der Waals surface area contributed by atoms with Gasteiger partial charge in [0.1, 0.15) is 5.69 Å². The Kier molecular flexibility index (Phi) is 8.00. The monoisotopic (exact) mass is 496 g/mol. The molecule has 1 aromatic heterocycles. The number of esters is 3. The van der Waals surface area contributed by atoms with Crippen LogP contribution in [-0.2, 0) is 30.2 Å². The second-order valence-corrected chi connectivity index (χ2v) is 7.91. The molecule has 0 amide bonds. The van der Waals surface area contributed by atoms with Gasteiger partial charge in [-0.05, 0) is 17.7 Å². The number of aromatic nitrogens is 2. The highest BCUT2D eigenvalue weighted by molar-refractivity contribution is 5.92. The standard InChI is InChI=1S/C29H24N2O6/c1-35-23(32)18-22-24(19-12-6-3-7-13-19)25(31-27(30-22)20-14-8-4-9-15-20)26(29(34)36-2)37-28(33)21-16-10-5-11-17-21/h3-17,26H,18H2,1-2H3. The largest absolute Gasteiger partial charge is 0.469 e. The second-order valence-electron chi connectivity index (χ2n) is 7.91. The van der Waals surface area contributed by atoms with Crippen LogP contribution in [0.5, 0.6) is 0 Å². The van der Waals surface area contributed by atoms with Gasteiger partial charge in [0.05, 0.1) is 31.9 Å². The molecule has 4 rings (SSSR count). The number of carbonyl (C=O) groups excluding carboxylic acids is 3. The Morgan fingerprint density at radius 2 is 1.30 bits per heavy atom. The SMILES string of the molecule is COC(=O)Cc1nc(-c2ccccc2)nc(C(OC(=O)c2ccccc2)C(=O)OC)c1-c1ccccc1. The first-order valence-corrected chi connectivity index (χ1v) is 11.4. The normalized spacial score (nSPS) is 11.3. The van der Waals surface area contributed by atoms with Crippen molar-refractivity contribution in [2.24, 2.45) is 0 Å². The van der Waals surface area contributed by atoms with Crippen molar-refractivity contribution in [3.8, 4) is 22.5 Å². The Morgan fingerprint density at radius 3 is 1.86 bits per heavy atom. The van der Waals surface area contributed by atoms with Crippen LogP contribution in [0.4, 0.5) is 0 Å². The van der Waals surface area contributed by atoms with Gasteiger partial charge in [-0.1, -0.05) is 78.9 Å². The molecule has 0 aliphatic rings. The third kappa shape index (κ3) is 5.87. The summed E-state index contributed by atoms with van der Waals surface area (Å²) in [6.45, 7) is 0. The molecule has 0 saturated carbocycles. The number of nitrogens with zero attached hydrogens (tertiary/aromatic N) is 2. The molecule has 1 atom stereocenters. The fourth-order valence-corrected chi connectivity index (χ4v) is 3.76. The Labute approximate surface area is 213 Å². The molecule has 0 spiro atoms. The van der Waals surface area contributed by atoms with Crippen LogP contribution >= 0.6 is 0 Å². The average Bonchev–Trinajstić information content (AvgIpc) is 2.96. The molecule has 186 valence electrons. The van der Waals surface area contributed by atoms with Crippen molar-refractivity contribution in [3.05, 3.63) is 108 Å². The summed E-state index contributed by atoms with van der Waals surface area (Å²) >= 11 is 0. The Morgan fingerprint density at radius 1 is 0.730 bits per heavy atom. The van der Waals surface area contributed by atoms with Gasteiger partial charge < -0.3 is 14.2 Å². The first-order chi connectivity index (χ1) is 18.0. The van der Waals surface area contributed by atoms with E-state index in [0.717, 1.165) is 0 Å². The number of hydrogen-bond acceptors (Lipinski definition) is 8. The van der Waals surface area contributed by atoms with E-state index in [1.807, 2.05) is 24.3 Å². The van der Waals surface area contributed by atoms with Gasteiger partial charge in [-0.25, -0.2) is 19.6 Å². The molecule has 1 heterocycles. The molecule has 0 radical (unpaired) electrons. The van der Waals surface area contributed by atoms with Crippen LogP contribution in [0, 0.1) is 0 Å². The Balaban J connectivity index is 1.96. The lowest BCUT2D eigenvalue weighted by Gasteiger charge is -2.21. The van der Waals surface area contributed by atoms with Gasteiger partial charge in [-0.3, -0.25) is 4.79 Å². The molecule has 0 fully saturated rings. The molecular formula is C29H24N2O6. The zero-order valence-corrected chi connectivity index (χ0v) is 20.3. The lowest BCUT2D eigenvalue weighted by molar-refractivity contribution is -0.151. The number of hydrogen-bond donors (Lipinski definition) is 0. The molecule has 0 aliphatic heterocycles. The number of carbonyl (C=O) groups is 3. The molecule has 8 heteroatoms. The molecule has 37 heavy (non-hydrogen) atoms. The smallest absolute Gasteiger partial charge is 0.353 e. The summed E-state index contributed by atoms with van der Waals surface area (Å²) in [5, 5.41) is 0. The van der Waals surface area contributed by atoms with E-state index in [1.54, 1.807) is 66.7 Å². The van der Waals surface area contributed by atoms with Crippen molar-refractivity contribution in [1.82, 2.24) is 9.97 Å². The number of methoxy groups -OCH3 is 2. The number of rotatable bonds is 8. The van der Waals surface area contributed by atoms with Crippen LogP contribution < -0.4 is 0 Å². The highest BCUT2D eigenvalue weighted by Crippen LogP contribution is 2.35. The van der Waals surface area contributed by atoms with Crippen LogP contribution in [0.2, 0.25) is 0 Å². The fraction of sp³-hybridized carbons (Fsp3) is 0.138. The first-order valence-electron chi connectivity index (χ1n) is 11.4. The van der Waals surface area contributed by atoms with Crippen LogP contribution in [0.3, 0.4) is 0 Å². The first kappa shape index (κ1) is 25.2. The van der Waals surface area contributed by atoms with E-state index in [1.165, 1.54) is 14.2 Å². The van der Waals surface area contributed by atoms with Crippen LogP contribution in [0.15, 0.2) is 91.0 Å². The Hall–Kier alpha value is -4.85. The van der Waals surface area contributed by atoms with Crippen molar-refractivity contribution in [2.75, 3.05) is 14.2 Å². The summed E-state index contributed by atoms with van der Waals surface area (Å²) in [5.41, 5.74) is 2.31. The fourth-order valence-electron chi connectivity index (χ4n) is 3.76. The summed E-state index contributed by atoms with van der Waals surface area (Å²) < 4.78 is 15.6. The zero-order chi connectivity index (χ0) is 26.2. The van der Waals surface area contributed by atoms with E-state index < -0.39 is 24.0 Å². The van der Waals surface area contributed by atoms with E-state index in [0.29, 0.717) is 22.4 Å². The Bertz CT molecular complexity index is 1390. The van der Waals surface area contributed by atoms with E-state index in [-0.39, 0.29) is 23.5 Å². The quantitative estimate of drug-likeness (QED) is 0.258. The molecule has 0 saturated heterocycles. The van der Waals surface area contributed by atoms with E-state index in [2.05, 4.69) is 9.97 Å². The third-order valence-electron chi connectivity index (χ3n) is 5.54. The summed E-state index contributed by atoms with van der Waals surface area (Å²) in [7, 11) is 2.48. The summed E-state index contributed by atoms with van der Waals surface area (Å²) in [4.78, 5) is 47.8.